The van der Waals surface area contributed by atoms with Gasteiger partial charge in [-0.05, 0) is 18.2 Å². The van der Waals surface area contributed by atoms with Crippen LogP contribution in [-0.4, -0.2) is 10.5 Å². The molecule has 0 saturated heterocycles. The van der Waals surface area contributed by atoms with Crippen LogP contribution in [0.4, 0.5) is 5.69 Å². The molecule has 18 heavy (non-hydrogen) atoms. The Hall–Kier alpha value is -1.88. The maximum absolute atomic E-state index is 11.8. The van der Waals surface area contributed by atoms with Crippen molar-refractivity contribution in [2.24, 2.45) is 0 Å². The van der Waals surface area contributed by atoms with Crippen molar-refractivity contribution in [1.29, 1.82) is 0 Å². The molecular formula is C13H11BrN2O2. The van der Waals surface area contributed by atoms with Crippen molar-refractivity contribution in [3.8, 4) is 0 Å². The van der Waals surface area contributed by atoms with Crippen LogP contribution < -0.4 is 10.7 Å². The van der Waals surface area contributed by atoms with Gasteiger partial charge in [0.1, 0.15) is 6.54 Å². The summed E-state index contributed by atoms with van der Waals surface area (Å²) in [6.07, 6.45) is 3.17. The Morgan fingerprint density at radius 2 is 1.94 bits per heavy atom. The number of rotatable bonds is 3. The Morgan fingerprint density at radius 3 is 2.61 bits per heavy atom. The smallest absolute Gasteiger partial charge is 0.244 e. The molecule has 1 amide bonds. The van der Waals surface area contributed by atoms with E-state index < -0.39 is 0 Å². The SMILES string of the molecule is O=C(Cn1ccc(=O)cc1)Nc1cccc(Br)c1. The van der Waals surface area contributed by atoms with E-state index in [1.807, 2.05) is 24.3 Å². The lowest BCUT2D eigenvalue weighted by Crippen LogP contribution is -2.19. The van der Waals surface area contributed by atoms with Crippen LogP contribution in [0, 0.1) is 0 Å². The summed E-state index contributed by atoms with van der Waals surface area (Å²) in [7, 11) is 0. The predicted molar refractivity (Wildman–Crippen MR) is 73.5 cm³/mol. The second kappa shape index (κ2) is 5.64. The normalized spacial score (nSPS) is 10.1. The summed E-state index contributed by atoms with van der Waals surface area (Å²) < 4.78 is 2.55. The van der Waals surface area contributed by atoms with Gasteiger partial charge in [0.15, 0.2) is 5.43 Å². The van der Waals surface area contributed by atoms with Crippen molar-refractivity contribution in [2.75, 3.05) is 5.32 Å². The van der Waals surface area contributed by atoms with Crippen molar-refractivity contribution in [3.05, 3.63) is 63.5 Å². The van der Waals surface area contributed by atoms with Crippen molar-refractivity contribution in [2.45, 2.75) is 6.54 Å². The molecule has 2 aromatic rings. The number of hydrogen-bond donors (Lipinski definition) is 1. The number of aromatic nitrogens is 1. The van der Waals surface area contributed by atoms with Crippen molar-refractivity contribution >= 4 is 27.5 Å². The lowest BCUT2D eigenvalue weighted by atomic mass is 10.3. The van der Waals surface area contributed by atoms with Crippen LogP contribution in [0.1, 0.15) is 0 Å². The van der Waals surface area contributed by atoms with Gasteiger partial charge in [0.05, 0.1) is 0 Å². The zero-order chi connectivity index (χ0) is 13.0. The van der Waals surface area contributed by atoms with E-state index >= 15 is 0 Å². The van der Waals surface area contributed by atoms with E-state index in [9.17, 15) is 9.59 Å². The number of anilines is 1. The van der Waals surface area contributed by atoms with Gasteiger partial charge in [-0.3, -0.25) is 9.59 Å². The van der Waals surface area contributed by atoms with Gasteiger partial charge in [-0.15, -0.1) is 0 Å². The molecule has 0 aliphatic carbocycles. The summed E-state index contributed by atoms with van der Waals surface area (Å²) in [5, 5.41) is 2.78. The van der Waals surface area contributed by atoms with Gasteiger partial charge in [0.25, 0.3) is 0 Å². The number of benzene rings is 1. The fourth-order valence-corrected chi connectivity index (χ4v) is 1.88. The van der Waals surface area contributed by atoms with E-state index in [0.29, 0.717) is 0 Å². The van der Waals surface area contributed by atoms with Crippen molar-refractivity contribution in [3.63, 3.8) is 0 Å². The van der Waals surface area contributed by atoms with E-state index in [0.717, 1.165) is 10.2 Å². The maximum Gasteiger partial charge on any atom is 0.244 e. The molecule has 0 aliphatic rings. The highest BCUT2D eigenvalue weighted by molar-refractivity contribution is 9.10. The molecule has 0 spiro atoms. The Labute approximate surface area is 112 Å². The highest BCUT2D eigenvalue weighted by Crippen LogP contribution is 2.15. The maximum atomic E-state index is 11.8. The number of nitrogens with zero attached hydrogens (tertiary/aromatic N) is 1. The molecule has 0 atom stereocenters. The molecule has 92 valence electrons. The third kappa shape index (κ3) is 3.56. The van der Waals surface area contributed by atoms with Gasteiger partial charge in [-0.25, -0.2) is 0 Å². The fraction of sp³-hybridized carbons (Fsp3) is 0.0769. The molecule has 0 unspecified atom stereocenters. The second-order valence-electron chi connectivity index (χ2n) is 3.76. The summed E-state index contributed by atoms with van der Waals surface area (Å²) >= 11 is 3.34. The zero-order valence-corrected chi connectivity index (χ0v) is 11.1. The van der Waals surface area contributed by atoms with Crippen LogP contribution >= 0.6 is 15.9 Å². The molecule has 1 heterocycles. The van der Waals surface area contributed by atoms with E-state index in [-0.39, 0.29) is 17.9 Å². The summed E-state index contributed by atoms with van der Waals surface area (Å²) in [5.74, 6) is -0.142. The average molecular weight is 307 g/mol. The van der Waals surface area contributed by atoms with Gasteiger partial charge >= 0.3 is 0 Å². The largest absolute Gasteiger partial charge is 0.345 e. The van der Waals surface area contributed by atoms with Crippen LogP contribution in [0.25, 0.3) is 0 Å². The van der Waals surface area contributed by atoms with Crippen LogP contribution in [0.15, 0.2) is 58.1 Å². The number of nitrogens with one attached hydrogen (secondary N) is 1. The van der Waals surface area contributed by atoms with Crippen LogP contribution in [0.5, 0.6) is 0 Å². The number of hydrogen-bond acceptors (Lipinski definition) is 2. The zero-order valence-electron chi connectivity index (χ0n) is 9.47. The van der Waals surface area contributed by atoms with Gasteiger partial charge in [-0.2, -0.15) is 0 Å². The van der Waals surface area contributed by atoms with Gasteiger partial charge in [-0.1, -0.05) is 22.0 Å². The second-order valence-corrected chi connectivity index (χ2v) is 4.68. The van der Waals surface area contributed by atoms with Gasteiger partial charge < -0.3 is 9.88 Å². The Kier molecular flexibility index (Phi) is 3.94. The predicted octanol–water partition coefficient (Wildman–Crippen LogP) is 2.25. The van der Waals surface area contributed by atoms with Crippen LogP contribution in [0.2, 0.25) is 0 Å². The number of amides is 1. The summed E-state index contributed by atoms with van der Waals surface area (Å²) in [4.78, 5) is 22.7. The topological polar surface area (TPSA) is 51.1 Å². The Balaban J connectivity index is 2.01. The minimum atomic E-state index is -0.142. The molecule has 1 aromatic carbocycles. The molecule has 0 radical (unpaired) electrons. The quantitative estimate of drug-likeness (QED) is 0.945. The molecule has 0 saturated carbocycles. The highest BCUT2D eigenvalue weighted by Gasteiger charge is 2.02. The molecule has 1 aromatic heterocycles. The van der Waals surface area contributed by atoms with E-state index in [4.69, 9.17) is 0 Å². The van der Waals surface area contributed by atoms with E-state index in [1.54, 1.807) is 17.0 Å². The number of halogens is 1. The van der Waals surface area contributed by atoms with Gasteiger partial charge in [0.2, 0.25) is 5.91 Å². The lowest BCUT2D eigenvalue weighted by molar-refractivity contribution is -0.116. The summed E-state index contributed by atoms with van der Waals surface area (Å²) in [6.45, 7) is 0.173. The first-order valence-corrected chi connectivity index (χ1v) is 6.14. The lowest BCUT2D eigenvalue weighted by Gasteiger charge is -2.07. The first kappa shape index (κ1) is 12.6. The third-order valence-corrected chi connectivity index (χ3v) is 2.79. The summed E-state index contributed by atoms with van der Waals surface area (Å²) in [6, 6.07) is 10.2. The van der Waals surface area contributed by atoms with E-state index in [2.05, 4.69) is 21.2 Å². The van der Waals surface area contributed by atoms with Crippen LogP contribution in [0.3, 0.4) is 0 Å². The molecule has 1 N–H and O–H groups in total. The monoisotopic (exact) mass is 306 g/mol. The van der Waals surface area contributed by atoms with E-state index in [1.165, 1.54) is 12.1 Å². The average Bonchev–Trinajstić information content (AvgIpc) is 2.32. The molecule has 0 bridgehead atoms. The first-order chi connectivity index (χ1) is 8.63. The molecule has 5 heteroatoms. The minimum Gasteiger partial charge on any atom is -0.345 e. The third-order valence-electron chi connectivity index (χ3n) is 2.30. The molecule has 0 fully saturated rings. The Morgan fingerprint density at radius 1 is 1.22 bits per heavy atom. The number of pyridine rings is 1. The molecule has 4 nitrogen and oxygen atoms in total. The number of carbonyl (C=O) groups excluding carboxylic acids is 1. The van der Waals surface area contributed by atoms with Crippen molar-refractivity contribution < 1.29 is 4.79 Å². The number of carbonyl (C=O) groups is 1. The van der Waals surface area contributed by atoms with Crippen LogP contribution in [-0.2, 0) is 11.3 Å². The van der Waals surface area contributed by atoms with Crippen molar-refractivity contribution in [1.82, 2.24) is 4.57 Å². The summed E-state index contributed by atoms with van der Waals surface area (Å²) in [5.41, 5.74) is 0.661. The molecular weight excluding hydrogens is 296 g/mol. The first-order valence-electron chi connectivity index (χ1n) is 5.35. The minimum absolute atomic E-state index is 0.0707. The standard InChI is InChI=1S/C13H11BrN2O2/c14-10-2-1-3-11(8-10)15-13(18)9-16-6-4-12(17)5-7-16/h1-8H,9H2,(H,15,18). The fourth-order valence-electron chi connectivity index (χ4n) is 1.48. The molecule has 2 rings (SSSR count). The van der Waals surface area contributed by atoms with Gasteiger partial charge in [0, 0.05) is 34.7 Å². The molecule has 0 aliphatic heterocycles. The Bertz CT molecular complexity index is 602. The highest BCUT2D eigenvalue weighted by atomic mass is 79.9.